The standard InChI is InChI=1S/C15H24N2O/c1-11(2)12(3)17-15(18)10-16-13(4)14-8-6-5-7-9-14/h5-9,11-13,16H,10H2,1-4H3,(H,17,18)/t12?,13-/m1/s1. The lowest BCUT2D eigenvalue weighted by Gasteiger charge is -2.19. The lowest BCUT2D eigenvalue weighted by molar-refractivity contribution is -0.121. The molecule has 18 heavy (non-hydrogen) atoms. The minimum absolute atomic E-state index is 0.0546. The molecule has 0 aromatic heterocycles. The van der Waals surface area contributed by atoms with Crippen LogP contribution in [0.15, 0.2) is 30.3 Å². The summed E-state index contributed by atoms with van der Waals surface area (Å²) < 4.78 is 0. The molecule has 2 atom stereocenters. The number of hydrogen-bond acceptors (Lipinski definition) is 2. The van der Waals surface area contributed by atoms with Crippen LogP contribution < -0.4 is 10.6 Å². The average Bonchev–Trinajstić information content (AvgIpc) is 2.36. The van der Waals surface area contributed by atoms with Crippen LogP contribution in [0, 0.1) is 5.92 Å². The van der Waals surface area contributed by atoms with E-state index in [0.29, 0.717) is 12.5 Å². The average molecular weight is 248 g/mol. The van der Waals surface area contributed by atoms with Crippen LogP contribution in [0.4, 0.5) is 0 Å². The van der Waals surface area contributed by atoms with E-state index in [2.05, 4.69) is 43.5 Å². The van der Waals surface area contributed by atoms with Gasteiger partial charge in [0.2, 0.25) is 5.91 Å². The van der Waals surface area contributed by atoms with E-state index in [1.54, 1.807) is 0 Å². The number of amides is 1. The molecule has 0 aliphatic heterocycles. The first-order valence-electron chi connectivity index (χ1n) is 6.58. The molecule has 0 spiro atoms. The second-order valence-corrected chi connectivity index (χ2v) is 5.11. The Morgan fingerprint density at radius 3 is 2.28 bits per heavy atom. The van der Waals surface area contributed by atoms with Gasteiger partial charge in [0.05, 0.1) is 6.54 Å². The third-order valence-corrected chi connectivity index (χ3v) is 3.26. The van der Waals surface area contributed by atoms with Crippen molar-refractivity contribution in [3.63, 3.8) is 0 Å². The molecule has 1 unspecified atom stereocenters. The van der Waals surface area contributed by atoms with Gasteiger partial charge in [0.1, 0.15) is 0 Å². The molecule has 0 bridgehead atoms. The van der Waals surface area contributed by atoms with E-state index in [-0.39, 0.29) is 18.0 Å². The SMILES string of the molecule is CC(C)C(C)NC(=O)CN[C@H](C)c1ccccc1. The summed E-state index contributed by atoms with van der Waals surface area (Å²) in [5.74, 6) is 0.513. The molecule has 2 N–H and O–H groups in total. The summed E-state index contributed by atoms with van der Waals surface area (Å²) in [6, 6.07) is 10.5. The minimum Gasteiger partial charge on any atom is -0.352 e. The molecule has 1 aromatic carbocycles. The number of benzene rings is 1. The Balaban J connectivity index is 2.35. The molecular weight excluding hydrogens is 224 g/mol. The van der Waals surface area contributed by atoms with E-state index in [0.717, 1.165) is 0 Å². The van der Waals surface area contributed by atoms with Crippen molar-refractivity contribution < 1.29 is 4.79 Å². The second-order valence-electron chi connectivity index (χ2n) is 5.11. The zero-order valence-electron chi connectivity index (χ0n) is 11.7. The molecule has 0 saturated heterocycles. The summed E-state index contributed by atoms with van der Waals surface area (Å²) in [6.07, 6.45) is 0. The predicted molar refractivity (Wildman–Crippen MR) is 75.3 cm³/mol. The second kappa shape index (κ2) is 7.17. The van der Waals surface area contributed by atoms with Gasteiger partial charge in [-0.05, 0) is 25.3 Å². The van der Waals surface area contributed by atoms with Crippen LogP contribution >= 0.6 is 0 Å². The molecule has 0 aliphatic carbocycles. The molecule has 0 aliphatic rings. The van der Waals surface area contributed by atoms with Gasteiger partial charge in [-0.25, -0.2) is 0 Å². The van der Waals surface area contributed by atoms with Crippen LogP contribution in [-0.4, -0.2) is 18.5 Å². The highest BCUT2D eigenvalue weighted by Gasteiger charge is 2.11. The van der Waals surface area contributed by atoms with Crippen LogP contribution in [0.2, 0.25) is 0 Å². The highest BCUT2D eigenvalue weighted by Crippen LogP contribution is 2.10. The van der Waals surface area contributed by atoms with Crippen molar-refractivity contribution in [3.8, 4) is 0 Å². The summed E-state index contributed by atoms with van der Waals surface area (Å²) >= 11 is 0. The molecule has 0 fully saturated rings. The van der Waals surface area contributed by atoms with Crippen LogP contribution in [0.1, 0.15) is 39.3 Å². The number of hydrogen-bond donors (Lipinski definition) is 2. The van der Waals surface area contributed by atoms with E-state index in [1.165, 1.54) is 5.56 Å². The molecule has 3 nitrogen and oxygen atoms in total. The third-order valence-electron chi connectivity index (χ3n) is 3.26. The molecule has 0 radical (unpaired) electrons. The van der Waals surface area contributed by atoms with Crippen molar-refractivity contribution in [1.82, 2.24) is 10.6 Å². The van der Waals surface area contributed by atoms with Crippen LogP contribution in [0.3, 0.4) is 0 Å². The zero-order chi connectivity index (χ0) is 13.5. The van der Waals surface area contributed by atoms with Gasteiger partial charge in [-0.1, -0.05) is 44.2 Å². The van der Waals surface area contributed by atoms with Crippen molar-refractivity contribution in [3.05, 3.63) is 35.9 Å². The molecule has 1 amide bonds. The molecule has 0 saturated carbocycles. The fourth-order valence-corrected chi connectivity index (χ4v) is 1.58. The third kappa shape index (κ3) is 4.88. The quantitative estimate of drug-likeness (QED) is 0.812. The Hall–Kier alpha value is -1.35. The highest BCUT2D eigenvalue weighted by atomic mass is 16.1. The van der Waals surface area contributed by atoms with Crippen molar-refractivity contribution in [2.45, 2.75) is 39.8 Å². The molecule has 3 heteroatoms. The molecule has 1 aromatic rings. The number of nitrogens with one attached hydrogen (secondary N) is 2. The van der Waals surface area contributed by atoms with Gasteiger partial charge in [-0.15, -0.1) is 0 Å². The molecular formula is C15H24N2O. The van der Waals surface area contributed by atoms with Gasteiger partial charge in [0, 0.05) is 12.1 Å². The van der Waals surface area contributed by atoms with Crippen LogP contribution in [0.5, 0.6) is 0 Å². The minimum atomic E-state index is 0.0546. The fraction of sp³-hybridized carbons (Fsp3) is 0.533. The first-order chi connectivity index (χ1) is 8.50. The number of carbonyl (C=O) groups is 1. The summed E-state index contributed by atoms with van der Waals surface area (Å²) in [4.78, 5) is 11.7. The smallest absolute Gasteiger partial charge is 0.234 e. The van der Waals surface area contributed by atoms with E-state index in [4.69, 9.17) is 0 Å². The van der Waals surface area contributed by atoms with Crippen LogP contribution in [0.25, 0.3) is 0 Å². The molecule has 100 valence electrons. The normalized spacial score (nSPS) is 14.3. The van der Waals surface area contributed by atoms with Gasteiger partial charge >= 0.3 is 0 Å². The Morgan fingerprint density at radius 2 is 1.72 bits per heavy atom. The van der Waals surface area contributed by atoms with Gasteiger partial charge in [0.25, 0.3) is 0 Å². The maximum Gasteiger partial charge on any atom is 0.234 e. The van der Waals surface area contributed by atoms with Gasteiger partial charge in [-0.2, -0.15) is 0 Å². The van der Waals surface area contributed by atoms with E-state index < -0.39 is 0 Å². The van der Waals surface area contributed by atoms with E-state index >= 15 is 0 Å². The number of carbonyl (C=O) groups excluding carboxylic acids is 1. The summed E-state index contributed by atoms with van der Waals surface area (Å²) in [7, 11) is 0. The van der Waals surface area contributed by atoms with Crippen LogP contribution in [-0.2, 0) is 4.79 Å². The number of rotatable bonds is 6. The van der Waals surface area contributed by atoms with Crippen molar-refractivity contribution in [2.75, 3.05) is 6.54 Å². The predicted octanol–water partition coefficient (Wildman–Crippen LogP) is 2.50. The monoisotopic (exact) mass is 248 g/mol. The summed E-state index contributed by atoms with van der Waals surface area (Å²) in [6.45, 7) is 8.65. The maximum atomic E-state index is 11.7. The first kappa shape index (κ1) is 14.7. The largest absolute Gasteiger partial charge is 0.352 e. The zero-order valence-corrected chi connectivity index (χ0v) is 11.7. The van der Waals surface area contributed by atoms with E-state index in [9.17, 15) is 4.79 Å². The van der Waals surface area contributed by atoms with E-state index in [1.807, 2.05) is 25.1 Å². The maximum absolute atomic E-state index is 11.7. The molecule has 1 rings (SSSR count). The topological polar surface area (TPSA) is 41.1 Å². The first-order valence-corrected chi connectivity index (χ1v) is 6.58. The Kier molecular flexibility index (Phi) is 5.86. The van der Waals surface area contributed by atoms with Crippen molar-refractivity contribution in [1.29, 1.82) is 0 Å². The molecule has 0 heterocycles. The Morgan fingerprint density at radius 1 is 1.11 bits per heavy atom. The highest BCUT2D eigenvalue weighted by molar-refractivity contribution is 5.78. The Bertz CT molecular complexity index is 362. The fourth-order valence-electron chi connectivity index (χ4n) is 1.58. The van der Waals surface area contributed by atoms with Gasteiger partial charge in [0.15, 0.2) is 0 Å². The van der Waals surface area contributed by atoms with Gasteiger partial charge in [-0.3, -0.25) is 4.79 Å². The Labute approximate surface area is 110 Å². The van der Waals surface area contributed by atoms with Crippen molar-refractivity contribution >= 4 is 5.91 Å². The van der Waals surface area contributed by atoms with Gasteiger partial charge < -0.3 is 10.6 Å². The van der Waals surface area contributed by atoms with Crippen molar-refractivity contribution in [2.24, 2.45) is 5.92 Å². The summed E-state index contributed by atoms with van der Waals surface area (Å²) in [5, 5.41) is 6.22. The lowest BCUT2D eigenvalue weighted by Crippen LogP contribution is -2.41. The summed E-state index contributed by atoms with van der Waals surface area (Å²) in [5.41, 5.74) is 1.20. The lowest BCUT2D eigenvalue weighted by atomic mass is 10.1.